The summed E-state index contributed by atoms with van der Waals surface area (Å²) < 4.78 is 20.8. The summed E-state index contributed by atoms with van der Waals surface area (Å²) >= 11 is 0. The molecule has 10 atom stereocenters. The minimum Gasteiger partial charge on any atom is -0.470 e. The molecule has 2 aliphatic rings. The van der Waals surface area contributed by atoms with E-state index in [9.17, 15) is 30.6 Å². The second kappa shape index (κ2) is 8.04. The van der Waals surface area contributed by atoms with E-state index in [-0.39, 0.29) is 6.61 Å². The van der Waals surface area contributed by atoms with Crippen molar-refractivity contribution < 1.29 is 49.6 Å². The maximum absolute atomic E-state index is 9.95. The van der Waals surface area contributed by atoms with E-state index in [1.54, 1.807) is 0 Å². The predicted molar refractivity (Wildman–Crippen MR) is 76.3 cm³/mol. The molecule has 2 heterocycles. The van der Waals surface area contributed by atoms with Crippen molar-refractivity contribution in [3.05, 3.63) is 12.8 Å². The number of hydrogen-bond acceptors (Lipinski definition) is 10. The second-order valence-electron chi connectivity index (χ2n) is 5.83. The first-order valence-corrected chi connectivity index (χ1v) is 7.55. The highest BCUT2D eigenvalue weighted by atomic mass is 16.7. The number of rotatable bonds is 5. The Morgan fingerprint density at radius 3 is 2.04 bits per heavy atom. The lowest BCUT2D eigenvalue weighted by Gasteiger charge is -2.42. The van der Waals surface area contributed by atoms with Gasteiger partial charge in [-0.2, -0.15) is 0 Å². The zero-order chi connectivity index (χ0) is 18.0. The van der Waals surface area contributed by atoms with E-state index in [2.05, 4.69) is 6.58 Å². The molecule has 2 rings (SSSR count). The molecule has 0 aliphatic carbocycles. The third-order valence-corrected chi connectivity index (χ3v) is 4.13. The van der Waals surface area contributed by atoms with Crippen molar-refractivity contribution in [3.8, 4) is 0 Å². The average Bonchev–Trinajstić information content (AvgIpc) is 2.56. The molecule has 0 amide bonds. The van der Waals surface area contributed by atoms with Gasteiger partial charge in [0.05, 0.1) is 19.0 Å². The van der Waals surface area contributed by atoms with Crippen LogP contribution >= 0.6 is 0 Å². The van der Waals surface area contributed by atoms with E-state index in [1.807, 2.05) is 0 Å². The van der Waals surface area contributed by atoms with Crippen molar-refractivity contribution >= 4 is 0 Å². The maximum atomic E-state index is 9.95. The van der Waals surface area contributed by atoms with Crippen LogP contribution < -0.4 is 0 Å². The summed E-state index contributed by atoms with van der Waals surface area (Å²) in [4.78, 5) is 0. The van der Waals surface area contributed by atoms with Gasteiger partial charge in [-0.3, -0.25) is 0 Å². The third kappa shape index (κ3) is 3.87. The minimum absolute atomic E-state index is 0.334. The van der Waals surface area contributed by atoms with Gasteiger partial charge in [-0.25, -0.2) is 0 Å². The van der Waals surface area contributed by atoms with Crippen molar-refractivity contribution in [2.75, 3.05) is 6.61 Å². The summed E-state index contributed by atoms with van der Waals surface area (Å²) in [6.45, 7) is 4.48. The SMILES string of the molecule is C=COC1OC(COC2OC(C)C(O)C(O)C2O)C(O)C(O)C1O. The van der Waals surface area contributed by atoms with Crippen molar-refractivity contribution in [2.24, 2.45) is 0 Å². The van der Waals surface area contributed by atoms with Crippen LogP contribution in [0.15, 0.2) is 12.8 Å². The Labute approximate surface area is 138 Å². The number of ether oxygens (including phenoxy) is 4. The summed E-state index contributed by atoms with van der Waals surface area (Å²) in [5.41, 5.74) is 0. The van der Waals surface area contributed by atoms with Crippen LogP contribution in [0.4, 0.5) is 0 Å². The lowest BCUT2D eigenvalue weighted by Crippen LogP contribution is -2.60. The van der Waals surface area contributed by atoms with Gasteiger partial charge < -0.3 is 49.6 Å². The highest BCUT2D eigenvalue weighted by molar-refractivity contribution is 4.91. The van der Waals surface area contributed by atoms with E-state index in [1.165, 1.54) is 6.92 Å². The summed E-state index contributed by atoms with van der Waals surface area (Å²) in [5, 5.41) is 58.7. The molecule has 140 valence electrons. The molecular formula is C14H24O10. The Morgan fingerprint density at radius 2 is 1.42 bits per heavy atom. The average molecular weight is 352 g/mol. The lowest BCUT2D eigenvalue weighted by molar-refractivity contribution is -0.322. The van der Waals surface area contributed by atoms with Crippen LogP contribution in [0.3, 0.4) is 0 Å². The molecule has 2 aliphatic heterocycles. The second-order valence-corrected chi connectivity index (χ2v) is 5.83. The van der Waals surface area contributed by atoms with Crippen molar-refractivity contribution in [1.82, 2.24) is 0 Å². The summed E-state index contributed by atoms with van der Waals surface area (Å²) in [5.74, 6) is 0. The van der Waals surface area contributed by atoms with Crippen molar-refractivity contribution in [3.63, 3.8) is 0 Å². The fraction of sp³-hybridized carbons (Fsp3) is 0.857. The van der Waals surface area contributed by atoms with E-state index in [0.717, 1.165) is 6.26 Å². The molecular weight excluding hydrogens is 328 g/mol. The van der Waals surface area contributed by atoms with Crippen molar-refractivity contribution in [2.45, 2.75) is 68.3 Å². The highest BCUT2D eigenvalue weighted by Gasteiger charge is 2.46. The number of hydrogen-bond donors (Lipinski definition) is 6. The fourth-order valence-electron chi connectivity index (χ4n) is 2.60. The molecule has 0 aromatic heterocycles. The fourth-order valence-corrected chi connectivity index (χ4v) is 2.60. The van der Waals surface area contributed by atoms with Crippen LogP contribution in [0.1, 0.15) is 6.92 Å². The van der Waals surface area contributed by atoms with Gasteiger partial charge in [0.2, 0.25) is 6.29 Å². The molecule has 10 heteroatoms. The highest BCUT2D eigenvalue weighted by Crippen LogP contribution is 2.25. The van der Waals surface area contributed by atoms with Gasteiger partial charge in [0.1, 0.15) is 42.7 Å². The molecule has 0 aromatic rings. The van der Waals surface area contributed by atoms with Crippen LogP contribution in [0.5, 0.6) is 0 Å². The topological polar surface area (TPSA) is 158 Å². The van der Waals surface area contributed by atoms with Crippen LogP contribution in [-0.4, -0.2) is 98.7 Å². The lowest BCUT2D eigenvalue weighted by atomic mass is 9.99. The molecule has 0 aromatic carbocycles. The smallest absolute Gasteiger partial charge is 0.228 e. The Balaban J connectivity index is 1.96. The molecule has 24 heavy (non-hydrogen) atoms. The van der Waals surface area contributed by atoms with E-state index in [4.69, 9.17) is 18.9 Å². The monoisotopic (exact) mass is 352 g/mol. The van der Waals surface area contributed by atoms with Gasteiger partial charge in [-0.1, -0.05) is 6.58 Å². The molecule has 0 radical (unpaired) electrons. The van der Waals surface area contributed by atoms with Gasteiger partial charge >= 0.3 is 0 Å². The molecule has 6 N–H and O–H groups in total. The Hall–Kier alpha value is -0.820. The zero-order valence-corrected chi connectivity index (χ0v) is 13.1. The van der Waals surface area contributed by atoms with Gasteiger partial charge in [0.15, 0.2) is 6.29 Å². The normalized spacial score (nSPS) is 49.6. The van der Waals surface area contributed by atoms with E-state index >= 15 is 0 Å². The third-order valence-electron chi connectivity index (χ3n) is 4.13. The summed E-state index contributed by atoms with van der Waals surface area (Å²) in [6, 6.07) is 0. The molecule has 0 bridgehead atoms. The van der Waals surface area contributed by atoms with Crippen molar-refractivity contribution in [1.29, 1.82) is 0 Å². The molecule has 2 saturated heterocycles. The van der Waals surface area contributed by atoms with E-state index in [0.29, 0.717) is 0 Å². The van der Waals surface area contributed by atoms with Gasteiger partial charge in [0.25, 0.3) is 0 Å². The molecule has 0 saturated carbocycles. The first kappa shape index (κ1) is 19.5. The van der Waals surface area contributed by atoms with Crippen LogP contribution in [0.2, 0.25) is 0 Å². The summed E-state index contributed by atoms with van der Waals surface area (Å²) in [7, 11) is 0. The van der Waals surface area contributed by atoms with Gasteiger partial charge in [0, 0.05) is 0 Å². The number of aliphatic hydroxyl groups is 6. The molecule has 10 nitrogen and oxygen atoms in total. The quantitative estimate of drug-likeness (QED) is 0.278. The Kier molecular flexibility index (Phi) is 6.53. The van der Waals surface area contributed by atoms with Gasteiger partial charge in [-0.05, 0) is 6.92 Å². The first-order valence-electron chi connectivity index (χ1n) is 7.55. The van der Waals surface area contributed by atoms with Crippen LogP contribution in [-0.2, 0) is 18.9 Å². The molecule has 2 fully saturated rings. The number of aliphatic hydroxyl groups excluding tert-OH is 6. The standard InChI is InChI=1S/C14H24O10/c1-3-21-13-12(20)10(18)8(16)6(24-13)4-22-14-11(19)9(17)7(15)5(2)23-14/h3,5-20H,1,4H2,2H3. The largest absolute Gasteiger partial charge is 0.470 e. The van der Waals surface area contributed by atoms with Gasteiger partial charge in [-0.15, -0.1) is 0 Å². The Morgan fingerprint density at radius 1 is 0.833 bits per heavy atom. The van der Waals surface area contributed by atoms with Crippen LogP contribution in [0, 0.1) is 0 Å². The first-order chi connectivity index (χ1) is 11.3. The summed E-state index contributed by atoms with van der Waals surface area (Å²) in [6.07, 6.45) is -12.1. The minimum atomic E-state index is -1.54. The Bertz CT molecular complexity index is 420. The molecule has 10 unspecified atom stereocenters. The predicted octanol–water partition coefficient (Wildman–Crippen LogP) is -3.20. The zero-order valence-electron chi connectivity index (χ0n) is 13.1. The van der Waals surface area contributed by atoms with E-state index < -0.39 is 61.4 Å². The molecule has 0 spiro atoms. The maximum Gasteiger partial charge on any atom is 0.228 e. The van der Waals surface area contributed by atoms with Crippen LogP contribution in [0.25, 0.3) is 0 Å².